The molecule has 5 nitrogen and oxygen atoms in total. The van der Waals surface area contributed by atoms with Crippen molar-refractivity contribution in [1.29, 1.82) is 0 Å². The zero-order chi connectivity index (χ0) is 18.8. The van der Waals surface area contributed by atoms with Crippen LogP contribution in [0, 0.1) is 5.82 Å². The van der Waals surface area contributed by atoms with Gasteiger partial charge in [0.2, 0.25) is 5.91 Å². The summed E-state index contributed by atoms with van der Waals surface area (Å²) in [6.07, 6.45) is 3.75. The van der Waals surface area contributed by atoms with Gasteiger partial charge in [0.25, 0.3) is 5.91 Å². The third-order valence-corrected chi connectivity index (χ3v) is 5.16. The Morgan fingerprint density at radius 1 is 0.852 bits per heavy atom. The number of nitrogens with one attached hydrogen (secondary N) is 1. The van der Waals surface area contributed by atoms with E-state index in [0.29, 0.717) is 11.4 Å². The Morgan fingerprint density at radius 2 is 1.48 bits per heavy atom. The molecule has 0 saturated carbocycles. The SMILES string of the molecule is O=C1C[C@H](Nc2ccc(F)cc2)C(=O)N1c1ccc(N2CCCCC2)cc1. The molecule has 0 aromatic heterocycles. The van der Waals surface area contributed by atoms with Gasteiger partial charge in [0.1, 0.15) is 11.9 Å². The molecule has 2 aliphatic rings. The van der Waals surface area contributed by atoms with Crippen molar-refractivity contribution in [3.8, 4) is 0 Å². The first-order valence-electron chi connectivity index (χ1n) is 9.36. The Kier molecular flexibility index (Phi) is 4.79. The largest absolute Gasteiger partial charge is 0.373 e. The molecule has 1 N–H and O–H groups in total. The number of nitrogens with zero attached hydrogens (tertiary/aromatic N) is 2. The van der Waals surface area contributed by atoms with Gasteiger partial charge in [0, 0.05) is 24.5 Å². The number of piperidine rings is 1. The highest BCUT2D eigenvalue weighted by molar-refractivity contribution is 6.23. The van der Waals surface area contributed by atoms with Crippen LogP contribution in [0.25, 0.3) is 0 Å². The molecule has 2 aromatic rings. The summed E-state index contributed by atoms with van der Waals surface area (Å²) in [6, 6.07) is 12.7. The highest BCUT2D eigenvalue weighted by Crippen LogP contribution is 2.28. The van der Waals surface area contributed by atoms with Crippen molar-refractivity contribution in [2.24, 2.45) is 0 Å². The molecular weight excluding hydrogens is 345 g/mol. The van der Waals surface area contributed by atoms with Crippen LogP contribution in [0.2, 0.25) is 0 Å². The van der Waals surface area contributed by atoms with Gasteiger partial charge in [-0.05, 0) is 67.8 Å². The van der Waals surface area contributed by atoms with E-state index in [4.69, 9.17) is 0 Å². The normalized spacial score (nSPS) is 20.3. The van der Waals surface area contributed by atoms with Gasteiger partial charge in [-0.3, -0.25) is 9.59 Å². The second kappa shape index (κ2) is 7.39. The second-order valence-electron chi connectivity index (χ2n) is 7.04. The standard InChI is InChI=1S/C21H22FN3O2/c22-15-4-6-16(7-5-15)23-19-14-20(26)25(21(19)27)18-10-8-17(9-11-18)24-12-2-1-3-13-24/h4-11,19,23H,1-3,12-14H2/t19-/m0/s1. The van der Waals surface area contributed by atoms with Crippen LogP contribution in [0.5, 0.6) is 0 Å². The third kappa shape index (κ3) is 3.65. The van der Waals surface area contributed by atoms with E-state index in [0.717, 1.165) is 18.8 Å². The Bertz CT molecular complexity index is 830. The molecular formula is C21H22FN3O2. The predicted molar refractivity (Wildman–Crippen MR) is 103 cm³/mol. The van der Waals surface area contributed by atoms with Gasteiger partial charge in [-0.15, -0.1) is 0 Å². The van der Waals surface area contributed by atoms with Crippen molar-refractivity contribution in [2.45, 2.75) is 31.7 Å². The number of carbonyl (C=O) groups is 2. The van der Waals surface area contributed by atoms with Gasteiger partial charge in [-0.25, -0.2) is 9.29 Å². The van der Waals surface area contributed by atoms with E-state index < -0.39 is 6.04 Å². The first-order valence-corrected chi connectivity index (χ1v) is 9.36. The molecule has 6 heteroatoms. The Labute approximate surface area is 157 Å². The van der Waals surface area contributed by atoms with Gasteiger partial charge >= 0.3 is 0 Å². The summed E-state index contributed by atoms with van der Waals surface area (Å²) in [4.78, 5) is 28.7. The molecule has 2 saturated heterocycles. The number of anilines is 3. The number of imide groups is 1. The van der Waals surface area contributed by atoms with E-state index in [2.05, 4.69) is 10.2 Å². The van der Waals surface area contributed by atoms with Gasteiger partial charge in [-0.2, -0.15) is 0 Å². The molecule has 27 heavy (non-hydrogen) atoms. The number of amides is 2. The van der Waals surface area contributed by atoms with Crippen LogP contribution < -0.4 is 15.1 Å². The summed E-state index contributed by atoms with van der Waals surface area (Å²) >= 11 is 0. The fraction of sp³-hybridized carbons (Fsp3) is 0.333. The van der Waals surface area contributed by atoms with Crippen LogP contribution in [0.1, 0.15) is 25.7 Å². The maximum atomic E-state index is 13.0. The van der Waals surface area contributed by atoms with E-state index in [-0.39, 0.29) is 24.1 Å². The minimum atomic E-state index is -0.635. The molecule has 2 aliphatic heterocycles. The minimum Gasteiger partial charge on any atom is -0.373 e. The Morgan fingerprint density at radius 3 is 2.15 bits per heavy atom. The summed E-state index contributed by atoms with van der Waals surface area (Å²) in [5.74, 6) is -0.856. The minimum absolute atomic E-state index is 0.0874. The van der Waals surface area contributed by atoms with Crippen molar-refractivity contribution >= 4 is 28.9 Å². The van der Waals surface area contributed by atoms with Crippen molar-refractivity contribution in [1.82, 2.24) is 0 Å². The van der Waals surface area contributed by atoms with E-state index in [1.54, 1.807) is 12.1 Å². The number of benzene rings is 2. The average Bonchev–Trinajstić information content (AvgIpc) is 2.98. The van der Waals surface area contributed by atoms with Gasteiger partial charge in [0.15, 0.2) is 0 Å². The van der Waals surface area contributed by atoms with E-state index in [1.807, 2.05) is 24.3 Å². The molecule has 4 rings (SSSR count). The van der Waals surface area contributed by atoms with Gasteiger partial charge < -0.3 is 10.2 Å². The quantitative estimate of drug-likeness (QED) is 0.840. The van der Waals surface area contributed by atoms with Gasteiger partial charge in [0.05, 0.1) is 12.1 Å². The van der Waals surface area contributed by atoms with Crippen LogP contribution >= 0.6 is 0 Å². The van der Waals surface area contributed by atoms with Crippen molar-refractivity contribution in [2.75, 3.05) is 28.2 Å². The van der Waals surface area contributed by atoms with E-state index in [1.165, 1.54) is 36.3 Å². The number of rotatable bonds is 4. The van der Waals surface area contributed by atoms with Crippen LogP contribution in [0.15, 0.2) is 48.5 Å². The lowest BCUT2D eigenvalue weighted by molar-refractivity contribution is -0.121. The molecule has 0 bridgehead atoms. The third-order valence-electron chi connectivity index (χ3n) is 5.16. The highest BCUT2D eigenvalue weighted by atomic mass is 19.1. The number of carbonyl (C=O) groups excluding carboxylic acids is 2. The highest BCUT2D eigenvalue weighted by Gasteiger charge is 2.39. The number of halogens is 1. The van der Waals surface area contributed by atoms with Crippen LogP contribution in [0.3, 0.4) is 0 Å². The summed E-state index contributed by atoms with van der Waals surface area (Å²) in [7, 11) is 0. The fourth-order valence-electron chi connectivity index (χ4n) is 3.73. The molecule has 0 spiro atoms. The molecule has 0 aliphatic carbocycles. The van der Waals surface area contributed by atoms with Crippen molar-refractivity contribution < 1.29 is 14.0 Å². The van der Waals surface area contributed by atoms with E-state index >= 15 is 0 Å². The smallest absolute Gasteiger partial charge is 0.256 e. The van der Waals surface area contributed by atoms with Crippen molar-refractivity contribution in [3.63, 3.8) is 0 Å². The lowest BCUT2D eigenvalue weighted by Gasteiger charge is -2.29. The molecule has 140 valence electrons. The molecule has 2 amide bonds. The summed E-state index contributed by atoms with van der Waals surface area (Å²) in [5, 5.41) is 3.02. The molecule has 2 heterocycles. The van der Waals surface area contributed by atoms with E-state index in [9.17, 15) is 14.0 Å². The Hall–Kier alpha value is -2.89. The van der Waals surface area contributed by atoms with Crippen LogP contribution in [0.4, 0.5) is 21.5 Å². The average molecular weight is 367 g/mol. The summed E-state index contributed by atoms with van der Waals surface area (Å²) < 4.78 is 13.0. The lowest BCUT2D eigenvalue weighted by atomic mass is 10.1. The molecule has 0 unspecified atom stereocenters. The maximum absolute atomic E-state index is 13.0. The molecule has 2 fully saturated rings. The summed E-state index contributed by atoms with van der Waals surface area (Å²) in [6.45, 7) is 2.09. The topological polar surface area (TPSA) is 52.7 Å². The zero-order valence-corrected chi connectivity index (χ0v) is 15.0. The molecule has 0 radical (unpaired) electrons. The van der Waals surface area contributed by atoms with Crippen LogP contribution in [-0.4, -0.2) is 30.9 Å². The fourth-order valence-corrected chi connectivity index (χ4v) is 3.73. The number of hydrogen-bond donors (Lipinski definition) is 1. The first kappa shape index (κ1) is 17.5. The number of hydrogen-bond acceptors (Lipinski definition) is 4. The molecule has 2 aromatic carbocycles. The first-order chi connectivity index (χ1) is 13.1. The van der Waals surface area contributed by atoms with Gasteiger partial charge in [-0.1, -0.05) is 0 Å². The summed E-state index contributed by atoms with van der Waals surface area (Å²) in [5.41, 5.74) is 2.33. The Balaban J connectivity index is 1.47. The lowest BCUT2D eigenvalue weighted by Crippen LogP contribution is -2.35. The second-order valence-corrected chi connectivity index (χ2v) is 7.04. The molecule has 1 atom stereocenters. The maximum Gasteiger partial charge on any atom is 0.256 e. The monoisotopic (exact) mass is 367 g/mol. The van der Waals surface area contributed by atoms with Crippen molar-refractivity contribution in [3.05, 3.63) is 54.3 Å². The van der Waals surface area contributed by atoms with Crippen LogP contribution in [-0.2, 0) is 9.59 Å². The predicted octanol–water partition coefficient (Wildman–Crippen LogP) is 3.56. The zero-order valence-electron chi connectivity index (χ0n) is 15.0.